The highest BCUT2D eigenvalue weighted by molar-refractivity contribution is 7.09. The summed E-state index contributed by atoms with van der Waals surface area (Å²) in [6.07, 6.45) is 3.48. The van der Waals surface area contributed by atoms with Crippen molar-refractivity contribution >= 4 is 28.1 Å². The van der Waals surface area contributed by atoms with Crippen molar-refractivity contribution in [3.63, 3.8) is 0 Å². The van der Waals surface area contributed by atoms with Crippen LogP contribution in [0.25, 0.3) is 10.9 Å². The van der Waals surface area contributed by atoms with Crippen molar-refractivity contribution in [2.24, 2.45) is 5.92 Å². The fraction of sp³-hybridized carbons (Fsp3) is 0.381. The molecule has 1 aromatic carbocycles. The summed E-state index contributed by atoms with van der Waals surface area (Å²) in [4.78, 5) is 28.2. The molecule has 3 aromatic rings. The van der Waals surface area contributed by atoms with E-state index in [1.807, 2.05) is 29.5 Å². The van der Waals surface area contributed by atoms with Gasteiger partial charge in [-0.1, -0.05) is 18.2 Å². The van der Waals surface area contributed by atoms with Crippen molar-refractivity contribution in [1.29, 1.82) is 0 Å². The Balaban J connectivity index is 1.27. The molecule has 1 aliphatic heterocycles. The lowest BCUT2D eigenvalue weighted by Crippen LogP contribution is -2.39. The van der Waals surface area contributed by atoms with Crippen LogP contribution in [0.5, 0.6) is 0 Å². The maximum atomic E-state index is 12.4. The van der Waals surface area contributed by atoms with Crippen LogP contribution >= 0.6 is 11.3 Å². The largest absolute Gasteiger partial charge is 0.354 e. The molecular formula is C21H24N4O2S. The van der Waals surface area contributed by atoms with Crippen LogP contribution in [-0.4, -0.2) is 40.2 Å². The number of thiophene rings is 1. The molecule has 28 heavy (non-hydrogen) atoms. The molecular weight excluding hydrogens is 372 g/mol. The molecule has 1 N–H and O–H groups in total. The van der Waals surface area contributed by atoms with E-state index in [-0.39, 0.29) is 17.9 Å². The van der Waals surface area contributed by atoms with Crippen LogP contribution in [0.3, 0.4) is 0 Å². The Labute approximate surface area is 167 Å². The van der Waals surface area contributed by atoms with Gasteiger partial charge >= 0.3 is 0 Å². The van der Waals surface area contributed by atoms with Crippen molar-refractivity contribution in [3.8, 4) is 0 Å². The van der Waals surface area contributed by atoms with E-state index in [0.29, 0.717) is 23.4 Å². The number of para-hydroxylation sites is 1. The Morgan fingerprint density at radius 3 is 2.79 bits per heavy atom. The van der Waals surface area contributed by atoms with Gasteiger partial charge in [0.25, 0.3) is 0 Å². The van der Waals surface area contributed by atoms with Crippen LogP contribution in [-0.2, 0) is 17.9 Å². The Morgan fingerprint density at radius 1 is 1.18 bits per heavy atom. The summed E-state index contributed by atoms with van der Waals surface area (Å²) in [5, 5.41) is 9.88. The number of amides is 1. The number of nitrogens with one attached hydrogen (secondary N) is 1. The number of likely N-dealkylation sites (tertiary alicyclic amines) is 1. The van der Waals surface area contributed by atoms with Crippen LogP contribution in [0.1, 0.15) is 17.7 Å². The van der Waals surface area contributed by atoms with Crippen LogP contribution in [0.4, 0.5) is 0 Å². The summed E-state index contributed by atoms with van der Waals surface area (Å²) in [7, 11) is 0. The summed E-state index contributed by atoms with van der Waals surface area (Å²) in [5.41, 5.74) is 0.564. The first-order valence-electron chi connectivity index (χ1n) is 9.65. The van der Waals surface area contributed by atoms with Gasteiger partial charge in [-0.25, -0.2) is 0 Å². The van der Waals surface area contributed by atoms with Gasteiger partial charge in [-0.15, -0.1) is 11.3 Å². The summed E-state index contributed by atoms with van der Waals surface area (Å²) in [6.45, 7) is 4.00. The van der Waals surface area contributed by atoms with E-state index in [1.54, 1.807) is 10.7 Å². The molecule has 146 valence electrons. The van der Waals surface area contributed by atoms with Gasteiger partial charge in [-0.3, -0.25) is 19.2 Å². The number of hydrogen-bond donors (Lipinski definition) is 1. The van der Waals surface area contributed by atoms with Crippen LogP contribution < -0.4 is 10.7 Å². The first-order valence-corrected chi connectivity index (χ1v) is 10.5. The molecule has 0 atom stereocenters. The minimum absolute atomic E-state index is 0.0673. The Morgan fingerprint density at radius 2 is 2.00 bits per heavy atom. The van der Waals surface area contributed by atoms with E-state index < -0.39 is 0 Å². The molecule has 0 unspecified atom stereocenters. The molecule has 0 bridgehead atoms. The average Bonchev–Trinajstić information content (AvgIpc) is 3.23. The first-order chi connectivity index (χ1) is 13.7. The van der Waals surface area contributed by atoms with Gasteiger partial charge in [-0.2, -0.15) is 5.10 Å². The van der Waals surface area contributed by atoms with Gasteiger partial charge in [0.05, 0.1) is 11.7 Å². The Kier molecular flexibility index (Phi) is 5.83. The second-order valence-electron chi connectivity index (χ2n) is 7.29. The van der Waals surface area contributed by atoms with Crippen molar-refractivity contribution in [2.75, 3.05) is 19.6 Å². The molecule has 1 saturated heterocycles. The number of carbonyl (C=O) groups is 1. The predicted octanol–water partition coefficient (Wildman–Crippen LogP) is 2.49. The highest BCUT2D eigenvalue weighted by Gasteiger charge is 2.20. The molecule has 4 rings (SSSR count). The average molecular weight is 397 g/mol. The molecule has 1 amide bonds. The summed E-state index contributed by atoms with van der Waals surface area (Å²) < 4.78 is 1.59. The lowest BCUT2D eigenvalue weighted by Gasteiger charge is -2.31. The zero-order valence-corrected chi connectivity index (χ0v) is 16.5. The number of rotatable bonds is 6. The maximum absolute atomic E-state index is 12.4. The highest BCUT2D eigenvalue weighted by atomic mass is 32.1. The number of aromatic nitrogens is 2. The third-order valence-corrected chi connectivity index (χ3v) is 6.17. The quantitative estimate of drug-likeness (QED) is 0.695. The van der Waals surface area contributed by atoms with Gasteiger partial charge in [-0.05, 0) is 55.4 Å². The van der Waals surface area contributed by atoms with Gasteiger partial charge in [0.1, 0.15) is 6.54 Å². The fourth-order valence-corrected chi connectivity index (χ4v) is 4.45. The summed E-state index contributed by atoms with van der Waals surface area (Å²) in [5.74, 6) is 0.449. The Hall–Kier alpha value is -2.51. The number of benzene rings is 1. The van der Waals surface area contributed by atoms with E-state index in [2.05, 4.69) is 32.8 Å². The van der Waals surface area contributed by atoms with Crippen LogP contribution in [0, 0.1) is 5.92 Å². The molecule has 0 saturated carbocycles. The SMILES string of the molecule is O=C(Cn1ncc(=O)c2ccccc21)NCC1CCN(Cc2cccs2)CC1. The lowest BCUT2D eigenvalue weighted by atomic mass is 9.97. The van der Waals surface area contributed by atoms with E-state index in [9.17, 15) is 9.59 Å². The highest BCUT2D eigenvalue weighted by Crippen LogP contribution is 2.20. The molecule has 0 spiro atoms. The lowest BCUT2D eigenvalue weighted by molar-refractivity contribution is -0.122. The number of piperidine rings is 1. The van der Waals surface area contributed by atoms with Crippen LogP contribution in [0.15, 0.2) is 52.8 Å². The molecule has 0 aliphatic carbocycles. The number of carbonyl (C=O) groups excluding carboxylic acids is 1. The molecule has 6 nitrogen and oxygen atoms in total. The predicted molar refractivity (Wildman–Crippen MR) is 111 cm³/mol. The molecule has 2 aromatic heterocycles. The van der Waals surface area contributed by atoms with Crippen molar-refractivity contribution in [3.05, 3.63) is 63.1 Å². The minimum atomic E-state index is -0.124. The van der Waals surface area contributed by atoms with Crippen molar-refractivity contribution in [2.45, 2.75) is 25.9 Å². The number of fused-ring (bicyclic) bond motifs is 1. The molecule has 7 heteroatoms. The monoisotopic (exact) mass is 396 g/mol. The molecule has 1 fully saturated rings. The normalized spacial score (nSPS) is 15.7. The number of nitrogens with zero attached hydrogens (tertiary/aromatic N) is 3. The fourth-order valence-electron chi connectivity index (χ4n) is 3.71. The standard InChI is InChI=1S/C21H24N4O2S/c26-20-13-23-25(19-6-2-1-5-18(19)20)15-21(27)22-12-16-7-9-24(10-8-16)14-17-4-3-11-28-17/h1-6,11,13,16H,7-10,12,14-15H2,(H,22,27). The van der Waals surface area contributed by atoms with E-state index in [0.717, 1.165) is 32.5 Å². The first kappa shape index (κ1) is 18.8. The number of hydrogen-bond acceptors (Lipinski definition) is 5. The topological polar surface area (TPSA) is 67.2 Å². The Bertz CT molecular complexity index is 991. The maximum Gasteiger partial charge on any atom is 0.241 e. The zero-order chi connectivity index (χ0) is 19.3. The second-order valence-corrected chi connectivity index (χ2v) is 8.32. The van der Waals surface area contributed by atoms with Gasteiger partial charge in [0.2, 0.25) is 11.3 Å². The van der Waals surface area contributed by atoms with E-state index in [4.69, 9.17) is 0 Å². The third kappa shape index (κ3) is 4.48. The van der Waals surface area contributed by atoms with Gasteiger partial charge in [0, 0.05) is 23.4 Å². The van der Waals surface area contributed by atoms with Gasteiger partial charge in [0.15, 0.2) is 0 Å². The van der Waals surface area contributed by atoms with E-state index in [1.165, 1.54) is 11.1 Å². The molecule has 1 aliphatic rings. The van der Waals surface area contributed by atoms with Crippen LogP contribution in [0.2, 0.25) is 0 Å². The van der Waals surface area contributed by atoms with Gasteiger partial charge < -0.3 is 5.32 Å². The second kappa shape index (κ2) is 8.67. The van der Waals surface area contributed by atoms with Crippen molar-refractivity contribution < 1.29 is 4.79 Å². The molecule has 3 heterocycles. The smallest absolute Gasteiger partial charge is 0.241 e. The third-order valence-electron chi connectivity index (χ3n) is 5.31. The minimum Gasteiger partial charge on any atom is -0.354 e. The zero-order valence-electron chi connectivity index (χ0n) is 15.7. The summed E-state index contributed by atoms with van der Waals surface area (Å²) in [6, 6.07) is 11.5. The van der Waals surface area contributed by atoms with E-state index >= 15 is 0 Å². The molecule has 0 radical (unpaired) electrons. The summed E-state index contributed by atoms with van der Waals surface area (Å²) >= 11 is 1.81. The van der Waals surface area contributed by atoms with Crippen molar-refractivity contribution in [1.82, 2.24) is 20.0 Å².